The van der Waals surface area contributed by atoms with Crippen molar-refractivity contribution < 1.29 is 49.4 Å². The van der Waals surface area contributed by atoms with Crippen molar-refractivity contribution in [3.8, 4) is 45.8 Å². The lowest BCUT2D eigenvalue weighted by atomic mass is 10.1. The van der Waals surface area contributed by atoms with E-state index in [9.17, 15) is 39.9 Å². The Balaban J connectivity index is 0.000000225. The number of esters is 1. The fourth-order valence-corrected chi connectivity index (χ4v) is 2.99. The van der Waals surface area contributed by atoms with Gasteiger partial charge in [-0.2, -0.15) is 0 Å². The lowest BCUT2D eigenvalue weighted by Gasteiger charge is -2.08. The minimum Gasteiger partial charge on any atom is -0.508 e. The average molecular weight is 482 g/mol. The number of carboxylic acid groups (broad SMARTS) is 1. The van der Waals surface area contributed by atoms with Crippen molar-refractivity contribution in [2.45, 2.75) is 6.92 Å². The molecule has 0 amide bonds. The van der Waals surface area contributed by atoms with Gasteiger partial charge in [-0.25, -0.2) is 4.79 Å². The van der Waals surface area contributed by atoms with Gasteiger partial charge in [0.25, 0.3) is 0 Å². The number of aromatic hydroxyl groups is 5. The van der Waals surface area contributed by atoms with Crippen LogP contribution in [0, 0.1) is 0 Å². The van der Waals surface area contributed by atoms with Gasteiger partial charge in [-0.3, -0.25) is 9.59 Å². The Bertz CT molecular complexity index is 1500. The standard InChI is InChI=1S/C15H10O7.C9H8O4/c16-7-4-10(19)12-11(5-7)22-15(14(21)13(12)20)6-1-2-8(17)9(18)3-6;1-6(10)13-8-4-2-3-7(5-8)9(11)12/h1-5,16-19,21H;2-5H,1H3,(H,11,12). The van der Waals surface area contributed by atoms with Gasteiger partial charge in [-0.1, -0.05) is 6.07 Å². The van der Waals surface area contributed by atoms with Crippen LogP contribution in [0.1, 0.15) is 17.3 Å². The SMILES string of the molecule is CC(=O)Oc1cccc(C(=O)O)c1.O=c1c(O)c(-c2ccc(O)c(O)c2)oc2cc(O)cc(O)c12. The first-order valence-electron chi connectivity index (χ1n) is 9.73. The van der Waals surface area contributed by atoms with Crippen molar-refractivity contribution in [3.63, 3.8) is 0 Å². The Kier molecular flexibility index (Phi) is 6.81. The molecule has 0 saturated heterocycles. The first-order valence-corrected chi connectivity index (χ1v) is 9.73. The maximum Gasteiger partial charge on any atom is 0.335 e. The monoisotopic (exact) mass is 482 g/mol. The number of carbonyl (C=O) groups excluding carboxylic acids is 1. The van der Waals surface area contributed by atoms with Gasteiger partial charge in [0.1, 0.15) is 28.2 Å². The lowest BCUT2D eigenvalue weighted by Crippen LogP contribution is -2.03. The van der Waals surface area contributed by atoms with Crippen LogP contribution in [0.3, 0.4) is 0 Å². The number of fused-ring (bicyclic) bond motifs is 1. The van der Waals surface area contributed by atoms with E-state index in [0.29, 0.717) is 0 Å². The van der Waals surface area contributed by atoms with Crippen molar-refractivity contribution in [1.82, 2.24) is 0 Å². The molecule has 0 fully saturated rings. The fourth-order valence-electron chi connectivity index (χ4n) is 2.99. The Morgan fingerprint density at radius 2 is 1.57 bits per heavy atom. The highest BCUT2D eigenvalue weighted by Gasteiger charge is 2.19. The summed E-state index contributed by atoms with van der Waals surface area (Å²) in [7, 11) is 0. The number of phenolic OH excluding ortho intramolecular Hbond substituents is 4. The van der Waals surface area contributed by atoms with Crippen LogP contribution in [0.15, 0.2) is 63.8 Å². The third-order valence-electron chi connectivity index (χ3n) is 4.52. The number of hydrogen-bond donors (Lipinski definition) is 6. The predicted octanol–water partition coefficient (Wildman–Crippen LogP) is 3.30. The minimum atomic E-state index is -1.05. The highest BCUT2D eigenvalue weighted by Crippen LogP contribution is 2.37. The zero-order valence-electron chi connectivity index (χ0n) is 17.9. The first kappa shape index (κ1) is 24.5. The summed E-state index contributed by atoms with van der Waals surface area (Å²) in [6, 6.07) is 11.4. The summed E-state index contributed by atoms with van der Waals surface area (Å²) in [4.78, 5) is 33.2. The number of hydrogen-bond acceptors (Lipinski definition) is 10. The van der Waals surface area contributed by atoms with Crippen LogP contribution in [0.4, 0.5) is 0 Å². The fraction of sp³-hybridized carbons (Fsp3) is 0.0417. The van der Waals surface area contributed by atoms with Crippen molar-refractivity contribution in [2.24, 2.45) is 0 Å². The summed E-state index contributed by atoms with van der Waals surface area (Å²) in [6.07, 6.45) is 0. The maximum atomic E-state index is 12.1. The second-order valence-corrected chi connectivity index (χ2v) is 7.08. The Hall–Kier alpha value is -5.19. The van der Waals surface area contributed by atoms with Crippen LogP contribution in [-0.4, -0.2) is 42.6 Å². The van der Waals surface area contributed by atoms with E-state index >= 15 is 0 Å². The third kappa shape index (κ3) is 5.42. The van der Waals surface area contributed by atoms with Gasteiger partial charge in [0.05, 0.1) is 5.56 Å². The van der Waals surface area contributed by atoms with Crippen molar-refractivity contribution >= 4 is 22.9 Å². The van der Waals surface area contributed by atoms with Gasteiger partial charge in [0.15, 0.2) is 17.3 Å². The van der Waals surface area contributed by atoms with Gasteiger partial charge in [-0.15, -0.1) is 0 Å². The van der Waals surface area contributed by atoms with Crippen LogP contribution < -0.4 is 10.2 Å². The molecule has 0 radical (unpaired) electrons. The van der Waals surface area contributed by atoms with Crippen LogP contribution in [-0.2, 0) is 4.79 Å². The molecule has 0 saturated carbocycles. The average Bonchev–Trinajstić information content (AvgIpc) is 2.78. The highest BCUT2D eigenvalue weighted by molar-refractivity contribution is 5.89. The van der Waals surface area contributed by atoms with E-state index < -0.39 is 34.6 Å². The van der Waals surface area contributed by atoms with Crippen molar-refractivity contribution in [2.75, 3.05) is 0 Å². The second kappa shape index (κ2) is 9.75. The highest BCUT2D eigenvalue weighted by atomic mass is 16.5. The Morgan fingerprint density at radius 1 is 0.857 bits per heavy atom. The molecule has 0 aliphatic rings. The molecule has 0 atom stereocenters. The molecule has 11 nitrogen and oxygen atoms in total. The molecule has 0 aliphatic heterocycles. The summed E-state index contributed by atoms with van der Waals surface area (Å²) in [5.74, 6) is -3.99. The van der Waals surface area contributed by atoms with E-state index in [1.54, 1.807) is 0 Å². The molecule has 35 heavy (non-hydrogen) atoms. The van der Waals surface area contributed by atoms with Crippen LogP contribution >= 0.6 is 0 Å². The Morgan fingerprint density at radius 3 is 2.20 bits per heavy atom. The molecule has 4 rings (SSSR count). The second-order valence-electron chi connectivity index (χ2n) is 7.08. The number of phenols is 4. The molecule has 0 spiro atoms. The third-order valence-corrected chi connectivity index (χ3v) is 4.52. The quantitative estimate of drug-likeness (QED) is 0.142. The lowest BCUT2D eigenvalue weighted by molar-refractivity contribution is -0.131. The predicted molar refractivity (Wildman–Crippen MR) is 121 cm³/mol. The number of carbonyl (C=O) groups is 2. The van der Waals surface area contributed by atoms with Crippen LogP contribution in [0.5, 0.6) is 34.5 Å². The molecule has 1 aromatic heterocycles. The van der Waals surface area contributed by atoms with Crippen LogP contribution in [0.25, 0.3) is 22.3 Å². The number of rotatable bonds is 3. The number of benzene rings is 3. The van der Waals surface area contributed by atoms with Gasteiger partial charge in [0.2, 0.25) is 11.2 Å². The minimum absolute atomic E-state index is 0.0961. The molecular formula is C24H18O11. The molecule has 1 heterocycles. The molecule has 3 aromatic carbocycles. The van der Waals surface area contributed by atoms with E-state index in [4.69, 9.17) is 14.3 Å². The molecule has 0 unspecified atom stereocenters. The van der Waals surface area contributed by atoms with E-state index in [2.05, 4.69) is 0 Å². The van der Waals surface area contributed by atoms with Gasteiger partial charge in [-0.05, 0) is 36.4 Å². The van der Waals surface area contributed by atoms with E-state index in [1.165, 1.54) is 37.3 Å². The largest absolute Gasteiger partial charge is 0.508 e. The van der Waals surface area contributed by atoms with Crippen LogP contribution in [0.2, 0.25) is 0 Å². The van der Waals surface area contributed by atoms with Gasteiger partial charge in [0, 0.05) is 24.6 Å². The Labute approximate surface area is 195 Å². The topological polar surface area (TPSA) is 195 Å². The van der Waals surface area contributed by atoms with Gasteiger partial charge < -0.3 is 39.8 Å². The first-order chi connectivity index (χ1) is 16.5. The molecule has 4 aromatic rings. The maximum absolute atomic E-state index is 12.1. The van der Waals surface area contributed by atoms with E-state index in [-0.39, 0.29) is 45.1 Å². The van der Waals surface area contributed by atoms with Crippen molar-refractivity contribution in [3.05, 3.63) is 70.4 Å². The number of aromatic carboxylic acids is 1. The number of ether oxygens (including phenoxy) is 1. The summed E-state index contributed by atoms with van der Waals surface area (Å²) >= 11 is 0. The molecule has 6 N–H and O–H groups in total. The van der Waals surface area contributed by atoms with E-state index in [1.807, 2.05) is 0 Å². The summed E-state index contributed by atoms with van der Waals surface area (Å²) in [6.45, 7) is 1.26. The molecule has 180 valence electrons. The molecule has 11 heteroatoms. The molecular weight excluding hydrogens is 464 g/mol. The summed E-state index contributed by atoms with van der Waals surface area (Å²) in [5.41, 5.74) is -0.794. The van der Waals surface area contributed by atoms with Crippen molar-refractivity contribution in [1.29, 1.82) is 0 Å². The summed E-state index contributed by atoms with van der Waals surface area (Å²) < 4.78 is 10.1. The normalized spacial score (nSPS) is 10.3. The zero-order chi connectivity index (χ0) is 25.9. The smallest absolute Gasteiger partial charge is 0.335 e. The molecule has 0 bridgehead atoms. The van der Waals surface area contributed by atoms with Gasteiger partial charge >= 0.3 is 11.9 Å². The van der Waals surface area contributed by atoms with E-state index in [0.717, 1.165) is 24.3 Å². The molecule has 0 aliphatic carbocycles. The number of carboxylic acids is 1. The zero-order valence-corrected chi connectivity index (χ0v) is 17.9. The summed E-state index contributed by atoms with van der Waals surface area (Å²) in [5, 5.41) is 56.2.